The molecule has 70 valence electrons. The molecule has 0 aromatic heterocycles. The molecule has 1 saturated heterocycles. The van der Waals surface area contributed by atoms with Crippen molar-refractivity contribution in [2.75, 3.05) is 19.8 Å². The molecule has 0 radical (unpaired) electrons. The average molecular weight is 170 g/mol. The van der Waals surface area contributed by atoms with Crippen LogP contribution >= 0.6 is 0 Å². The number of hydrogen-bond acceptors (Lipinski definition) is 2. The summed E-state index contributed by atoms with van der Waals surface area (Å²) in [4.78, 5) is 12.9. The van der Waals surface area contributed by atoms with Gasteiger partial charge in [0.15, 0.2) is 0 Å². The van der Waals surface area contributed by atoms with Crippen molar-refractivity contribution in [2.45, 2.75) is 26.7 Å². The first-order chi connectivity index (χ1) is 5.68. The lowest BCUT2D eigenvalue weighted by Crippen LogP contribution is -2.41. The SMILES string of the molecule is CC(=O)NCN1CCC(C)CC1. The lowest BCUT2D eigenvalue weighted by Gasteiger charge is -2.29. The molecule has 1 N–H and O–H groups in total. The molecule has 0 aliphatic carbocycles. The van der Waals surface area contributed by atoms with Crippen LogP contribution in [0, 0.1) is 5.92 Å². The lowest BCUT2D eigenvalue weighted by atomic mass is 10.00. The van der Waals surface area contributed by atoms with Gasteiger partial charge in [0.1, 0.15) is 0 Å². The normalized spacial score (nSPS) is 20.8. The monoisotopic (exact) mass is 170 g/mol. The second-order valence-corrected chi connectivity index (χ2v) is 3.69. The van der Waals surface area contributed by atoms with Crippen LogP contribution < -0.4 is 5.32 Å². The second-order valence-electron chi connectivity index (χ2n) is 3.69. The van der Waals surface area contributed by atoms with Crippen LogP contribution in [0.4, 0.5) is 0 Å². The molecule has 3 heteroatoms. The molecule has 0 unspecified atom stereocenters. The maximum Gasteiger partial charge on any atom is 0.217 e. The summed E-state index contributed by atoms with van der Waals surface area (Å²) in [6.07, 6.45) is 2.53. The summed E-state index contributed by atoms with van der Waals surface area (Å²) < 4.78 is 0. The van der Waals surface area contributed by atoms with Crippen LogP contribution in [0.15, 0.2) is 0 Å². The van der Waals surface area contributed by atoms with E-state index < -0.39 is 0 Å². The fraction of sp³-hybridized carbons (Fsp3) is 0.889. The van der Waals surface area contributed by atoms with Crippen molar-refractivity contribution in [3.63, 3.8) is 0 Å². The zero-order valence-electron chi connectivity index (χ0n) is 7.97. The summed E-state index contributed by atoms with van der Waals surface area (Å²) in [5, 5.41) is 2.82. The molecule has 1 amide bonds. The third kappa shape index (κ3) is 3.22. The fourth-order valence-corrected chi connectivity index (χ4v) is 1.44. The Kier molecular flexibility index (Phi) is 3.53. The summed E-state index contributed by atoms with van der Waals surface area (Å²) in [7, 11) is 0. The number of nitrogens with one attached hydrogen (secondary N) is 1. The minimum atomic E-state index is 0.0635. The topological polar surface area (TPSA) is 32.3 Å². The highest BCUT2D eigenvalue weighted by Gasteiger charge is 2.14. The van der Waals surface area contributed by atoms with Crippen LogP contribution in [0.2, 0.25) is 0 Å². The number of amides is 1. The molecule has 1 rings (SSSR count). The molecule has 0 atom stereocenters. The highest BCUT2D eigenvalue weighted by atomic mass is 16.1. The molecule has 12 heavy (non-hydrogen) atoms. The van der Waals surface area contributed by atoms with Crippen LogP contribution in [0.1, 0.15) is 26.7 Å². The Hall–Kier alpha value is -0.570. The van der Waals surface area contributed by atoms with E-state index in [2.05, 4.69) is 17.1 Å². The van der Waals surface area contributed by atoms with Crippen molar-refractivity contribution in [2.24, 2.45) is 5.92 Å². The van der Waals surface area contributed by atoms with Crippen molar-refractivity contribution in [3.8, 4) is 0 Å². The minimum absolute atomic E-state index is 0.0635. The molecule has 1 aliphatic heterocycles. The highest BCUT2D eigenvalue weighted by Crippen LogP contribution is 2.14. The number of rotatable bonds is 2. The van der Waals surface area contributed by atoms with Gasteiger partial charge in [-0.1, -0.05) is 6.92 Å². The van der Waals surface area contributed by atoms with Gasteiger partial charge < -0.3 is 5.32 Å². The third-order valence-corrected chi connectivity index (χ3v) is 2.43. The summed E-state index contributed by atoms with van der Waals surface area (Å²) >= 11 is 0. The second kappa shape index (κ2) is 4.45. The van der Waals surface area contributed by atoms with E-state index in [9.17, 15) is 4.79 Å². The predicted octanol–water partition coefficient (Wildman–Crippen LogP) is 0.812. The Balaban J connectivity index is 2.13. The summed E-state index contributed by atoms with van der Waals surface area (Å²) in [6, 6.07) is 0. The first-order valence-corrected chi connectivity index (χ1v) is 4.65. The predicted molar refractivity (Wildman–Crippen MR) is 48.7 cm³/mol. The number of likely N-dealkylation sites (tertiary alicyclic amines) is 1. The van der Waals surface area contributed by atoms with Gasteiger partial charge in [-0.15, -0.1) is 0 Å². The standard InChI is InChI=1S/C9H18N2O/c1-8-3-5-11(6-4-8)7-10-9(2)12/h8H,3-7H2,1-2H3,(H,10,12). The van der Waals surface area contributed by atoms with E-state index in [1.807, 2.05) is 0 Å². The molecule has 0 bridgehead atoms. The van der Waals surface area contributed by atoms with Crippen LogP contribution in [0.3, 0.4) is 0 Å². The molecule has 3 nitrogen and oxygen atoms in total. The Morgan fingerprint density at radius 1 is 1.50 bits per heavy atom. The molecule has 1 heterocycles. The van der Waals surface area contributed by atoms with E-state index in [0.717, 1.165) is 25.7 Å². The number of piperidine rings is 1. The number of hydrogen-bond donors (Lipinski definition) is 1. The Morgan fingerprint density at radius 3 is 2.58 bits per heavy atom. The van der Waals surface area contributed by atoms with E-state index in [1.54, 1.807) is 6.92 Å². The van der Waals surface area contributed by atoms with Gasteiger partial charge in [0.2, 0.25) is 5.91 Å². The molecule has 0 aromatic carbocycles. The number of nitrogens with zero attached hydrogens (tertiary/aromatic N) is 1. The van der Waals surface area contributed by atoms with E-state index in [0.29, 0.717) is 0 Å². The van der Waals surface area contributed by atoms with Crippen LogP contribution in [-0.2, 0) is 4.79 Å². The Bertz CT molecular complexity index is 151. The van der Waals surface area contributed by atoms with Gasteiger partial charge in [-0.05, 0) is 18.8 Å². The lowest BCUT2D eigenvalue weighted by molar-refractivity contribution is -0.119. The smallest absolute Gasteiger partial charge is 0.217 e. The van der Waals surface area contributed by atoms with E-state index in [1.165, 1.54) is 12.8 Å². The molecular formula is C9H18N2O. The maximum atomic E-state index is 10.6. The fourth-order valence-electron chi connectivity index (χ4n) is 1.44. The van der Waals surface area contributed by atoms with E-state index in [-0.39, 0.29) is 5.91 Å². The van der Waals surface area contributed by atoms with Crippen molar-refractivity contribution in [1.82, 2.24) is 10.2 Å². The van der Waals surface area contributed by atoms with Crippen molar-refractivity contribution in [3.05, 3.63) is 0 Å². The van der Waals surface area contributed by atoms with Gasteiger partial charge >= 0.3 is 0 Å². The van der Waals surface area contributed by atoms with Crippen LogP contribution in [0.5, 0.6) is 0 Å². The molecule has 0 aromatic rings. The van der Waals surface area contributed by atoms with Crippen molar-refractivity contribution < 1.29 is 4.79 Å². The minimum Gasteiger partial charge on any atom is -0.344 e. The number of carbonyl (C=O) groups is 1. The van der Waals surface area contributed by atoms with Gasteiger partial charge in [-0.2, -0.15) is 0 Å². The van der Waals surface area contributed by atoms with Gasteiger partial charge in [-0.3, -0.25) is 9.69 Å². The maximum absolute atomic E-state index is 10.6. The first-order valence-electron chi connectivity index (χ1n) is 4.65. The quantitative estimate of drug-likeness (QED) is 0.665. The van der Waals surface area contributed by atoms with Gasteiger partial charge in [-0.25, -0.2) is 0 Å². The van der Waals surface area contributed by atoms with E-state index >= 15 is 0 Å². The average Bonchev–Trinajstić information content (AvgIpc) is 2.03. The van der Waals surface area contributed by atoms with Gasteiger partial charge in [0.25, 0.3) is 0 Å². The van der Waals surface area contributed by atoms with Crippen LogP contribution in [-0.4, -0.2) is 30.6 Å². The zero-order chi connectivity index (χ0) is 8.97. The molecular weight excluding hydrogens is 152 g/mol. The van der Waals surface area contributed by atoms with Gasteiger partial charge in [0.05, 0.1) is 6.67 Å². The van der Waals surface area contributed by atoms with Crippen LogP contribution in [0.25, 0.3) is 0 Å². The zero-order valence-corrected chi connectivity index (χ0v) is 7.97. The summed E-state index contributed by atoms with van der Waals surface area (Å²) in [6.45, 7) is 6.83. The van der Waals surface area contributed by atoms with Crippen molar-refractivity contribution >= 4 is 5.91 Å². The third-order valence-electron chi connectivity index (χ3n) is 2.43. The molecule has 0 spiro atoms. The summed E-state index contributed by atoms with van der Waals surface area (Å²) in [5.41, 5.74) is 0. The number of carbonyl (C=O) groups excluding carboxylic acids is 1. The first kappa shape index (κ1) is 9.52. The molecule has 1 aliphatic rings. The summed E-state index contributed by atoms with van der Waals surface area (Å²) in [5.74, 6) is 0.923. The highest BCUT2D eigenvalue weighted by molar-refractivity contribution is 5.72. The largest absolute Gasteiger partial charge is 0.344 e. The Morgan fingerprint density at radius 2 is 2.08 bits per heavy atom. The van der Waals surface area contributed by atoms with E-state index in [4.69, 9.17) is 0 Å². The van der Waals surface area contributed by atoms with Crippen molar-refractivity contribution in [1.29, 1.82) is 0 Å². The molecule has 1 fully saturated rings. The Labute approximate surface area is 74.1 Å². The van der Waals surface area contributed by atoms with Gasteiger partial charge in [0, 0.05) is 20.0 Å². The molecule has 0 saturated carbocycles.